The van der Waals surface area contributed by atoms with Crippen molar-refractivity contribution in [1.82, 2.24) is 0 Å². The third kappa shape index (κ3) is 19.2. The van der Waals surface area contributed by atoms with Gasteiger partial charge < -0.3 is 6.92 Å². The molecule has 2 heteroatoms. The standard InChI is InChI=1S/C5H11.BrH.Zn/c1-3-5-4-2;;/h1,3-5H2,2H3;1H;/q-1;;. The van der Waals surface area contributed by atoms with E-state index in [4.69, 9.17) is 0 Å². The van der Waals surface area contributed by atoms with Crippen LogP contribution in [0.2, 0.25) is 0 Å². The molecule has 7 heavy (non-hydrogen) atoms. The first-order chi connectivity index (χ1) is 2.41. The Kier molecular flexibility index (Phi) is 35.2. The first kappa shape index (κ1) is 15.7. The molecule has 0 unspecified atom stereocenters. The van der Waals surface area contributed by atoms with Gasteiger partial charge in [-0.3, -0.25) is 0 Å². The molecule has 42 valence electrons. The van der Waals surface area contributed by atoms with E-state index in [1.165, 1.54) is 12.8 Å². The number of unbranched alkanes of at least 4 members (excludes halogenated alkanes) is 2. The summed E-state index contributed by atoms with van der Waals surface area (Å²) in [6.07, 6.45) is 3.65. The summed E-state index contributed by atoms with van der Waals surface area (Å²) in [6, 6.07) is 0. The molecule has 0 aliphatic heterocycles. The van der Waals surface area contributed by atoms with E-state index in [0.717, 1.165) is 6.42 Å². The predicted octanol–water partition coefficient (Wildman–Crippen LogP) is 2.59. The van der Waals surface area contributed by atoms with E-state index < -0.39 is 0 Å². The van der Waals surface area contributed by atoms with Gasteiger partial charge in [0.05, 0.1) is 0 Å². The molecule has 0 bridgehead atoms. The van der Waals surface area contributed by atoms with Gasteiger partial charge in [-0.1, -0.05) is 19.8 Å². The van der Waals surface area contributed by atoms with E-state index in [2.05, 4.69) is 13.8 Å². The summed E-state index contributed by atoms with van der Waals surface area (Å²) in [5, 5.41) is 0. The van der Waals surface area contributed by atoms with Gasteiger partial charge >= 0.3 is 0 Å². The van der Waals surface area contributed by atoms with Crippen LogP contribution in [0.4, 0.5) is 0 Å². The summed E-state index contributed by atoms with van der Waals surface area (Å²) in [4.78, 5) is 0. The number of hydrogen-bond donors (Lipinski definition) is 0. The van der Waals surface area contributed by atoms with Gasteiger partial charge in [-0.15, -0.1) is 17.0 Å². The van der Waals surface area contributed by atoms with E-state index in [-0.39, 0.29) is 36.5 Å². The zero-order valence-corrected chi connectivity index (χ0v) is 9.62. The van der Waals surface area contributed by atoms with Crippen molar-refractivity contribution in [1.29, 1.82) is 0 Å². The van der Waals surface area contributed by atoms with Crippen LogP contribution in [0.3, 0.4) is 0 Å². The van der Waals surface area contributed by atoms with Crippen LogP contribution in [0.1, 0.15) is 26.2 Å². The number of rotatable bonds is 2. The fourth-order valence-corrected chi connectivity index (χ4v) is 0.250. The van der Waals surface area contributed by atoms with Crippen LogP contribution in [0.25, 0.3) is 0 Å². The molecule has 0 fully saturated rings. The first-order valence-corrected chi connectivity index (χ1v) is 2.21. The fraction of sp³-hybridized carbons (Fsp3) is 0.800. The molecule has 0 aliphatic rings. The Bertz CT molecular complexity index is 15.6. The van der Waals surface area contributed by atoms with Crippen molar-refractivity contribution in [2.75, 3.05) is 0 Å². The maximum atomic E-state index is 3.68. The van der Waals surface area contributed by atoms with Crippen molar-refractivity contribution < 1.29 is 19.5 Å². The van der Waals surface area contributed by atoms with Gasteiger partial charge in [-0.05, 0) is 0 Å². The molecule has 0 spiro atoms. The SMILES string of the molecule is Br.[CH2-]CCCC.[Zn]. The average molecular weight is 217 g/mol. The maximum Gasteiger partial charge on any atom is 0 e. The van der Waals surface area contributed by atoms with Gasteiger partial charge in [0.15, 0.2) is 0 Å². The van der Waals surface area contributed by atoms with Crippen LogP contribution < -0.4 is 0 Å². The minimum absolute atomic E-state index is 0. The van der Waals surface area contributed by atoms with Crippen LogP contribution in [0.15, 0.2) is 0 Å². The summed E-state index contributed by atoms with van der Waals surface area (Å²) in [7, 11) is 0. The van der Waals surface area contributed by atoms with Gasteiger partial charge in [0.25, 0.3) is 0 Å². The van der Waals surface area contributed by atoms with Gasteiger partial charge in [-0.25, -0.2) is 0 Å². The molecule has 0 N–H and O–H groups in total. The second-order valence-electron chi connectivity index (χ2n) is 1.21. The van der Waals surface area contributed by atoms with Crippen molar-refractivity contribution in [3.8, 4) is 0 Å². The van der Waals surface area contributed by atoms with Crippen LogP contribution in [0.5, 0.6) is 0 Å². The van der Waals surface area contributed by atoms with E-state index >= 15 is 0 Å². The van der Waals surface area contributed by atoms with Gasteiger partial charge in [0.2, 0.25) is 0 Å². The summed E-state index contributed by atoms with van der Waals surface area (Å²) < 4.78 is 0. The zero-order chi connectivity index (χ0) is 4.12. The number of hydrogen-bond acceptors (Lipinski definition) is 0. The third-order valence-electron chi connectivity index (χ3n) is 0.604. The van der Waals surface area contributed by atoms with E-state index in [1.54, 1.807) is 0 Å². The van der Waals surface area contributed by atoms with E-state index in [9.17, 15) is 0 Å². The summed E-state index contributed by atoms with van der Waals surface area (Å²) >= 11 is 0. The fourth-order valence-electron chi connectivity index (χ4n) is 0.250. The monoisotopic (exact) mass is 215 g/mol. The summed E-state index contributed by atoms with van der Waals surface area (Å²) in [6.45, 7) is 5.85. The molecule has 0 heterocycles. The van der Waals surface area contributed by atoms with Crippen molar-refractivity contribution in [3.05, 3.63) is 6.92 Å². The van der Waals surface area contributed by atoms with Gasteiger partial charge in [0, 0.05) is 19.5 Å². The molecule has 0 rings (SSSR count). The predicted molar refractivity (Wildman–Crippen MR) is 35.2 cm³/mol. The molecule has 0 aromatic carbocycles. The Morgan fingerprint density at radius 1 is 1.43 bits per heavy atom. The minimum Gasteiger partial charge on any atom is -0.343 e. The molecule has 0 aliphatic carbocycles. The largest absolute Gasteiger partial charge is 0.343 e. The molecule has 0 nitrogen and oxygen atoms in total. The van der Waals surface area contributed by atoms with Crippen molar-refractivity contribution in [2.45, 2.75) is 26.2 Å². The second kappa shape index (κ2) is 15.7. The van der Waals surface area contributed by atoms with Gasteiger partial charge in [0.1, 0.15) is 0 Å². The van der Waals surface area contributed by atoms with Crippen molar-refractivity contribution in [3.63, 3.8) is 0 Å². The molecule has 0 aromatic heterocycles. The number of halogens is 1. The van der Waals surface area contributed by atoms with E-state index in [1.807, 2.05) is 0 Å². The van der Waals surface area contributed by atoms with Crippen molar-refractivity contribution in [2.24, 2.45) is 0 Å². The zero-order valence-electron chi connectivity index (χ0n) is 4.94. The van der Waals surface area contributed by atoms with Crippen LogP contribution >= 0.6 is 17.0 Å². The summed E-state index contributed by atoms with van der Waals surface area (Å²) in [5.74, 6) is 0. The van der Waals surface area contributed by atoms with Crippen LogP contribution in [0, 0.1) is 6.92 Å². The Balaban J connectivity index is -0.0000000800. The minimum atomic E-state index is 0. The van der Waals surface area contributed by atoms with E-state index in [0.29, 0.717) is 0 Å². The Labute approximate surface area is 69.6 Å². The Morgan fingerprint density at radius 3 is 1.86 bits per heavy atom. The smallest absolute Gasteiger partial charge is 0 e. The molecule has 0 saturated heterocycles. The van der Waals surface area contributed by atoms with Gasteiger partial charge in [-0.2, -0.15) is 6.42 Å². The average Bonchev–Trinajstić information content (AvgIpc) is 1.41. The normalized spacial score (nSPS) is 6.00. The molecular formula is C5H12BrZn-. The molecule has 0 radical (unpaired) electrons. The van der Waals surface area contributed by atoms with Crippen molar-refractivity contribution >= 4 is 17.0 Å². The van der Waals surface area contributed by atoms with Crippen LogP contribution in [-0.2, 0) is 19.5 Å². The molecular weight excluding hydrogens is 205 g/mol. The Morgan fingerprint density at radius 2 is 1.86 bits per heavy atom. The topological polar surface area (TPSA) is 0 Å². The molecule has 0 atom stereocenters. The first-order valence-electron chi connectivity index (χ1n) is 2.21. The maximum absolute atomic E-state index is 3.68. The molecule has 0 aromatic rings. The second-order valence-corrected chi connectivity index (χ2v) is 1.21. The quantitative estimate of drug-likeness (QED) is 0.493. The Hall–Kier alpha value is 1.10. The summed E-state index contributed by atoms with van der Waals surface area (Å²) in [5.41, 5.74) is 0. The van der Waals surface area contributed by atoms with Crippen LogP contribution in [-0.4, -0.2) is 0 Å². The molecule has 0 saturated carbocycles. The third-order valence-corrected chi connectivity index (χ3v) is 0.604. The molecule has 0 amide bonds.